The minimum absolute atomic E-state index is 0.251. The van der Waals surface area contributed by atoms with E-state index >= 15 is 0 Å². The Labute approximate surface area is 141 Å². The van der Waals surface area contributed by atoms with Crippen LogP contribution in [0.3, 0.4) is 0 Å². The van der Waals surface area contributed by atoms with Gasteiger partial charge in [0.15, 0.2) is 5.96 Å². The standard InChI is InChI=1S/C18H34N4O/c1-5-19-17(22-12-8-9-15(2)13-22)20-14-18(10-6-7-11-18)16(23)21(3)4/h15H,5-14H2,1-4H3,(H,19,20). The summed E-state index contributed by atoms with van der Waals surface area (Å²) in [6, 6.07) is 0. The summed E-state index contributed by atoms with van der Waals surface area (Å²) in [6.07, 6.45) is 6.78. The van der Waals surface area contributed by atoms with Crippen molar-refractivity contribution in [1.82, 2.24) is 15.1 Å². The third-order valence-electron chi connectivity index (χ3n) is 5.24. The Hall–Kier alpha value is -1.26. The molecule has 0 aromatic rings. The lowest BCUT2D eigenvalue weighted by atomic mass is 9.85. The third kappa shape index (κ3) is 4.39. The number of nitrogens with one attached hydrogen (secondary N) is 1. The maximum Gasteiger partial charge on any atom is 0.230 e. The maximum absolute atomic E-state index is 12.7. The van der Waals surface area contributed by atoms with Crippen LogP contribution in [0.15, 0.2) is 4.99 Å². The van der Waals surface area contributed by atoms with Crippen molar-refractivity contribution >= 4 is 11.9 Å². The van der Waals surface area contributed by atoms with Crippen LogP contribution in [0.4, 0.5) is 0 Å². The van der Waals surface area contributed by atoms with Gasteiger partial charge in [-0.05, 0) is 38.5 Å². The average molecular weight is 322 g/mol. The van der Waals surface area contributed by atoms with E-state index in [1.54, 1.807) is 4.90 Å². The van der Waals surface area contributed by atoms with Crippen LogP contribution in [-0.4, -0.2) is 61.9 Å². The molecule has 1 saturated carbocycles. The smallest absolute Gasteiger partial charge is 0.230 e. The predicted octanol–water partition coefficient (Wildman–Crippen LogP) is 2.33. The Balaban J connectivity index is 2.12. The summed E-state index contributed by atoms with van der Waals surface area (Å²) in [5.74, 6) is 1.97. The van der Waals surface area contributed by atoms with E-state index < -0.39 is 0 Å². The number of guanidine groups is 1. The molecule has 1 N–H and O–H groups in total. The highest BCUT2D eigenvalue weighted by Gasteiger charge is 2.42. The van der Waals surface area contributed by atoms with E-state index in [2.05, 4.69) is 24.1 Å². The molecule has 5 nitrogen and oxygen atoms in total. The van der Waals surface area contributed by atoms with Crippen molar-refractivity contribution in [2.24, 2.45) is 16.3 Å². The number of nitrogens with zero attached hydrogens (tertiary/aromatic N) is 3. The van der Waals surface area contributed by atoms with Crippen molar-refractivity contribution in [3.05, 3.63) is 0 Å². The number of rotatable bonds is 4. The molecule has 1 aliphatic carbocycles. The summed E-state index contributed by atoms with van der Waals surface area (Å²) < 4.78 is 0. The molecule has 0 aromatic heterocycles. The van der Waals surface area contributed by atoms with Gasteiger partial charge in [0.1, 0.15) is 0 Å². The first kappa shape index (κ1) is 18.1. The summed E-state index contributed by atoms with van der Waals surface area (Å²) in [4.78, 5) is 21.7. The number of aliphatic imine (C=N–C) groups is 1. The minimum atomic E-state index is -0.272. The molecule has 23 heavy (non-hydrogen) atoms. The average Bonchev–Trinajstić information content (AvgIpc) is 3.00. The summed E-state index contributed by atoms with van der Waals surface area (Å²) >= 11 is 0. The van der Waals surface area contributed by atoms with Crippen LogP contribution in [0, 0.1) is 11.3 Å². The fourth-order valence-corrected chi connectivity index (χ4v) is 4.00. The van der Waals surface area contributed by atoms with Gasteiger partial charge in [-0.3, -0.25) is 9.79 Å². The van der Waals surface area contributed by atoms with Gasteiger partial charge in [-0.15, -0.1) is 0 Å². The van der Waals surface area contributed by atoms with Crippen molar-refractivity contribution in [2.75, 3.05) is 40.3 Å². The lowest BCUT2D eigenvalue weighted by Crippen LogP contribution is -2.47. The second-order valence-electron chi connectivity index (χ2n) is 7.55. The van der Waals surface area contributed by atoms with Gasteiger partial charge in [-0.2, -0.15) is 0 Å². The highest BCUT2D eigenvalue weighted by Crippen LogP contribution is 2.39. The number of hydrogen-bond donors (Lipinski definition) is 1. The second-order valence-corrected chi connectivity index (χ2v) is 7.55. The molecule has 1 amide bonds. The molecule has 1 atom stereocenters. The Bertz CT molecular complexity index is 427. The quantitative estimate of drug-likeness (QED) is 0.638. The van der Waals surface area contributed by atoms with Crippen molar-refractivity contribution < 1.29 is 4.79 Å². The van der Waals surface area contributed by atoms with Crippen LogP contribution in [0.2, 0.25) is 0 Å². The molecule has 1 saturated heterocycles. The molecule has 0 radical (unpaired) electrons. The second kappa shape index (κ2) is 8.02. The van der Waals surface area contributed by atoms with E-state index in [-0.39, 0.29) is 11.3 Å². The molecule has 2 rings (SSSR count). The number of piperidine rings is 1. The molecule has 5 heteroatoms. The molecule has 0 bridgehead atoms. The zero-order valence-electron chi connectivity index (χ0n) is 15.4. The number of hydrogen-bond acceptors (Lipinski definition) is 2. The fourth-order valence-electron chi connectivity index (χ4n) is 4.00. The van der Waals surface area contributed by atoms with Gasteiger partial charge in [0.2, 0.25) is 5.91 Å². The van der Waals surface area contributed by atoms with E-state index in [0.29, 0.717) is 6.54 Å². The van der Waals surface area contributed by atoms with Crippen LogP contribution < -0.4 is 5.32 Å². The topological polar surface area (TPSA) is 47.9 Å². The van der Waals surface area contributed by atoms with Crippen molar-refractivity contribution in [3.63, 3.8) is 0 Å². The van der Waals surface area contributed by atoms with Crippen LogP contribution in [0.25, 0.3) is 0 Å². The Kier molecular flexibility index (Phi) is 6.31. The third-order valence-corrected chi connectivity index (χ3v) is 5.24. The summed E-state index contributed by atoms with van der Waals surface area (Å²) in [7, 11) is 3.73. The zero-order valence-corrected chi connectivity index (χ0v) is 15.4. The van der Waals surface area contributed by atoms with Gasteiger partial charge >= 0.3 is 0 Å². The molecule has 1 unspecified atom stereocenters. The van der Waals surface area contributed by atoms with Gasteiger partial charge in [-0.25, -0.2) is 0 Å². The molecular weight excluding hydrogens is 288 g/mol. The van der Waals surface area contributed by atoms with E-state index in [1.807, 2.05) is 14.1 Å². The Morgan fingerprint density at radius 1 is 1.30 bits per heavy atom. The summed E-state index contributed by atoms with van der Waals surface area (Å²) in [6.45, 7) is 8.06. The highest BCUT2D eigenvalue weighted by atomic mass is 16.2. The Morgan fingerprint density at radius 2 is 2.00 bits per heavy atom. The van der Waals surface area contributed by atoms with Gasteiger partial charge < -0.3 is 15.1 Å². The first-order chi connectivity index (χ1) is 11.0. The SMILES string of the molecule is CCNC(=NCC1(C(=O)N(C)C)CCCC1)N1CCCC(C)C1. The molecule has 2 aliphatic rings. The van der Waals surface area contributed by atoms with Crippen LogP contribution >= 0.6 is 0 Å². The molecule has 1 heterocycles. The van der Waals surface area contributed by atoms with E-state index in [9.17, 15) is 4.79 Å². The first-order valence-corrected chi connectivity index (χ1v) is 9.23. The van der Waals surface area contributed by atoms with Gasteiger partial charge in [0.25, 0.3) is 0 Å². The fraction of sp³-hybridized carbons (Fsp3) is 0.889. The summed E-state index contributed by atoms with van der Waals surface area (Å²) in [5.41, 5.74) is -0.272. The molecule has 0 spiro atoms. The largest absolute Gasteiger partial charge is 0.357 e. The van der Waals surface area contributed by atoms with Crippen molar-refractivity contribution in [2.45, 2.75) is 52.4 Å². The molecule has 1 aliphatic heterocycles. The number of carbonyl (C=O) groups excluding carboxylic acids is 1. The Morgan fingerprint density at radius 3 is 2.57 bits per heavy atom. The molecule has 132 valence electrons. The first-order valence-electron chi connectivity index (χ1n) is 9.23. The van der Waals surface area contributed by atoms with Gasteiger partial charge in [0.05, 0.1) is 12.0 Å². The van der Waals surface area contributed by atoms with E-state index in [0.717, 1.165) is 57.2 Å². The minimum Gasteiger partial charge on any atom is -0.357 e. The lowest BCUT2D eigenvalue weighted by molar-refractivity contribution is -0.138. The molecule has 2 fully saturated rings. The number of carbonyl (C=O) groups is 1. The van der Waals surface area contributed by atoms with E-state index in [1.165, 1.54) is 12.8 Å². The van der Waals surface area contributed by atoms with E-state index in [4.69, 9.17) is 4.99 Å². The van der Waals surface area contributed by atoms with Crippen LogP contribution in [0.1, 0.15) is 52.4 Å². The molecular formula is C18H34N4O. The molecule has 0 aromatic carbocycles. The zero-order chi connectivity index (χ0) is 16.9. The van der Waals surface area contributed by atoms with Crippen molar-refractivity contribution in [3.8, 4) is 0 Å². The van der Waals surface area contributed by atoms with Crippen LogP contribution in [-0.2, 0) is 4.79 Å². The van der Waals surface area contributed by atoms with Gasteiger partial charge in [-0.1, -0.05) is 19.8 Å². The maximum atomic E-state index is 12.7. The van der Waals surface area contributed by atoms with Crippen LogP contribution in [0.5, 0.6) is 0 Å². The lowest BCUT2D eigenvalue weighted by Gasteiger charge is -2.35. The predicted molar refractivity (Wildman–Crippen MR) is 95.5 cm³/mol. The summed E-state index contributed by atoms with van der Waals surface area (Å²) in [5, 5.41) is 3.43. The highest BCUT2D eigenvalue weighted by molar-refractivity contribution is 5.84. The van der Waals surface area contributed by atoms with Gasteiger partial charge in [0, 0.05) is 33.7 Å². The number of likely N-dealkylation sites (tertiary alicyclic amines) is 1. The number of amides is 1. The monoisotopic (exact) mass is 322 g/mol. The van der Waals surface area contributed by atoms with Crippen molar-refractivity contribution in [1.29, 1.82) is 0 Å². The normalized spacial score (nSPS) is 24.6.